The average molecular weight is 1490 g/mol. The molecule has 0 aromatic carbocycles. The SMILES string of the molecule is CO[C@H]1OC(CO)[C@H](O[C@H]2OC(CO)[C@H](O)[C@H](O)C2O)[C@H](O[C@@H]2O[C@@H]([C@H](O)CO)C(O[C@H]3OC(CO)[C@H](O[C@H]4OC(CO)[C@H](O)[C@H](O)C4O)[C@H](O[C@@H]4O[C@@H]([C@H](O)CO)C(O[C@H]5OC(CO)[C@H](O[C@H]6OC(CO)[C@H](O)[C@H](O)C6O)[C@H](O[C@@H]6O[C@@H]([C@H](O)CO)C(O)[C@@H]6O)C5O)[C@@H]4O)C3O)[C@@H]2O)C1O. The third kappa shape index (κ3) is 17.1. The van der Waals surface area contributed by atoms with Crippen LogP contribution in [0.5, 0.6) is 0 Å². The van der Waals surface area contributed by atoms with Gasteiger partial charge in [-0.3, -0.25) is 0 Å². The lowest BCUT2D eigenvalue weighted by Crippen LogP contribution is -2.66. The highest BCUT2D eigenvalue weighted by Crippen LogP contribution is 2.42. The normalized spacial score (nSPS) is 51.7. The zero-order valence-electron chi connectivity index (χ0n) is 53.2. The fourth-order valence-electron chi connectivity index (χ4n) is 13.2. The summed E-state index contributed by atoms with van der Waals surface area (Å²) in [6.07, 6.45) is -93.5. The molecule has 101 heavy (non-hydrogen) atoms. The van der Waals surface area contributed by atoms with E-state index < -0.39 is 336 Å². The maximum absolute atomic E-state index is 12.5. The number of aliphatic hydroxyl groups excluding tert-OH is 28. The van der Waals surface area contributed by atoms with E-state index in [0.717, 1.165) is 7.11 Å². The van der Waals surface area contributed by atoms with Gasteiger partial charge in [0.2, 0.25) is 0 Å². The molecule has 9 aliphatic heterocycles. The van der Waals surface area contributed by atoms with Crippen LogP contribution in [0.25, 0.3) is 0 Å². The summed E-state index contributed by atoms with van der Waals surface area (Å²) in [6.45, 7) is -9.91. The second kappa shape index (κ2) is 36.1. The molecule has 0 aliphatic carbocycles. The topological polar surface area (TPSA) is 733 Å². The lowest BCUT2D eigenvalue weighted by molar-refractivity contribution is -0.381. The van der Waals surface area contributed by atoms with Crippen LogP contribution in [0.4, 0.5) is 0 Å². The van der Waals surface area contributed by atoms with Crippen molar-refractivity contribution in [2.45, 2.75) is 276 Å². The first kappa shape index (κ1) is 83.2. The molecule has 0 aromatic heterocycles. The van der Waals surface area contributed by atoms with Gasteiger partial charge >= 0.3 is 0 Å². The highest BCUT2D eigenvalue weighted by Gasteiger charge is 2.63. The van der Waals surface area contributed by atoms with Gasteiger partial charge in [-0.2, -0.15) is 0 Å². The number of hydrogen-bond donors (Lipinski definition) is 28. The predicted octanol–water partition coefficient (Wildman–Crippen LogP) is -20.0. The quantitative estimate of drug-likeness (QED) is 0.0331. The fraction of sp³-hybridized carbons (Fsp3) is 1.00. The third-order valence-corrected chi connectivity index (χ3v) is 18.9. The molecule has 28 N–H and O–H groups in total. The molecule has 0 bridgehead atoms. The standard InChI is InChI=1S/C55H94O46/c1-84-47-31(79)44(39(17(8-62)88-47)94-48-27(75)23(71)20(68)14(5-59)85-48)100-54-32(80)42(37(92-54)12(66)3-57)98-53-35(83)46(41(19(10-64)90-53)96-50-29(77)25(73)22(70)16(7-61)87-50)101-55-33(81)43(38(93-55)13(67)4-58)97-52-34(82)45(99-51-30(78)26(74)36(91-51)11(65)2-56)40(18(9-63)89-52)95-49-28(76)24(72)21(69)15(6-60)86-49/h11-83H,2-10H2,1H3/t11-,12-,13-,14?,15?,16?,17?,18?,19?,20+,21+,22+,23+,24+,25+,26?,27?,28?,29?,30+,31?,32+,33+,34?,35?,36+,37+,38+,39+,40+,41+,42?,43?,44-,45-,46-,47+,48-,49-,50-,51+,52-,53-,54+,55+/m1/s1. The molecule has 46 heteroatoms. The number of ether oxygens (including phenoxy) is 18. The van der Waals surface area contributed by atoms with E-state index in [1.165, 1.54) is 0 Å². The molecule has 46 nitrogen and oxygen atoms in total. The van der Waals surface area contributed by atoms with Crippen LogP contribution in [0.1, 0.15) is 0 Å². The van der Waals surface area contributed by atoms with Crippen LogP contribution in [0, 0.1) is 0 Å². The first-order chi connectivity index (χ1) is 48.0. The Morgan fingerprint density at radius 2 is 0.426 bits per heavy atom. The van der Waals surface area contributed by atoms with E-state index in [0.29, 0.717) is 0 Å². The summed E-state index contributed by atoms with van der Waals surface area (Å²) in [5.41, 5.74) is 0. The van der Waals surface area contributed by atoms with Gasteiger partial charge in [0, 0.05) is 7.11 Å². The Morgan fingerprint density at radius 3 is 0.723 bits per heavy atom. The summed E-state index contributed by atoms with van der Waals surface area (Å²) in [5.74, 6) is 0. The summed E-state index contributed by atoms with van der Waals surface area (Å²) in [7, 11) is 1.05. The van der Waals surface area contributed by atoms with Gasteiger partial charge in [-0.05, 0) is 0 Å². The molecule has 590 valence electrons. The van der Waals surface area contributed by atoms with Crippen LogP contribution in [-0.4, -0.2) is 486 Å². The van der Waals surface area contributed by atoms with Gasteiger partial charge in [-0.1, -0.05) is 0 Å². The molecule has 0 aromatic rings. The van der Waals surface area contributed by atoms with E-state index in [9.17, 15) is 143 Å². The Bertz CT molecular complexity index is 2470. The van der Waals surface area contributed by atoms with E-state index in [4.69, 9.17) is 85.3 Å². The molecular weight excluding hydrogens is 1400 g/mol. The molecule has 9 aliphatic rings. The number of hydrogen-bond acceptors (Lipinski definition) is 46. The van der Waals surface area contributed by atoms with Gasteiger partial charge in [-0.15, -0.1) is 0 Å². The summed E-state index contributed by atoms with van der Waals surface area (Å²) in [5, 5.41) is 304. The van der Waals surface area contributed by atoms with Crippen molar-refractivity contribution in [1.82, 2.24) is 0 Å². The lowest BCUT2D eigenvalue weighted by atomic mass is 9.96. The number of methoxy groups -OCH3 is 1. The summed E-state index contributed by atoms with van der Waals surface area (Å²) in [6, 6.07) is 0. The molecule has 0 saturated carbocycles. The Kier molecular flexibility index (Phi) is 29.8. The van der Waals surface area contributed by atoms with Crippen molar-refractivity contribution >= 4 is 0 Å². The van der Waals surface area contributed by atoms with Crippen molar-refractivity contribution in [3.8, 4) is 0 Å². The van der Waals surface area contributed by atoms with E-state index in [1.807, 2.05) is 0 Å². The Balaban J connectivity index is 1.01. The molecule has 45 atom stereocenters. The van der Waals surface area contributed by atoms with Crippen molar-refractivity contribution in [2.75, 3.05) is 66.6 Å². The second-order valence-corrected chi connectivity index (χ2v) is 25.4. The number of rotatable bonds is 29. The molecular formula is C55H94O46. The summed E-state index contributed by atoms with van der Waals surface area (Å²) < 4.78 is 104. The summed E-state index contributed by atoms with van der Waals surface area (Å²) in [4.78, 5) is 0. The van der Waals surface area contributed by atoms with Crippen molar-refractivity contribution in [2.24, 2.45) is 0 Å². The van der Waals surface area contributed by atoms with Gasteiger partial charge in [0.15, 0.2) is 56.6 Å². The Labute approximate surface area is 570 Å². The molecule has 15 unspecified atom stereocenters. The zero-order chi connectivity index (χ0) is 74.1. The fourth-order valence-corrected chi connectivity index (χ4v) is 13.2. The summed E-state index contributed by atoms with van der Waals surface area (Å²) >= 11 is 0. The molecule has 9 fully saturated rings. The van der Waals surface area contributed by atoms with Crippen LogP contribution in [-0.2, 0) is 85.3 Å². The Morgan fingerprint density at radius 1 is 0.218 bits per heavy atom. The molecule has 9 saturated heterocycles. The van der Waals surface area contributed by atoms with Crippen LogP contribution < -0.4 is 0 Å². The van der Waals surface area contributed by atoms with Crippen LogP contribution in [0.15, 0.2) is 0 Å². The van der Waals surface area contributed by atoms with E-state index in [-0.39, 0.29) is 0 Å². The minimum atomic E-state index is -2.54. The highest BCUT2D eigenvalue weighted by atomic mass is 16.8. The van der Waals surface area contributed by atoms with Crippen molar-refractivity contribution < 1.29 is 228 Å². The third-order valence-electron chi connectivity index (χ3n) is 18.9. The maximum atomic E-state index is 12.5. The van der Waals surface area contributed by atoms with E-state index in [2.05, 4.69) is 0 Å². The van der Waals surface area contributed by atoms with E-state index in [1.54, 1.807) is 0 Å². The molecule has 9 heterocycles. The maximum Gasteiger partial charge on any atom is 0.187 e. The minimum Gasteiger partial charge on any atom is -0.394 e. The highest BCUT2D eigenvalue weighted by molar-refractivity contribution is 5.04. The van der Waals surface area contributed by atoms with E-state index >= 15 is 0 Å². The molecule has 9 rings (SSSR count). The molecule has 0 spiro atoms. The van der Waals surface area contributed by atoms with Crippen molar-refractivity contribution in [3.05, 3.63) is 0 Å². The van der Waals surface area contributed by atoms with Crippen LogP contribution in [0.3, 0.4) is 0 Å². The van der Waals surface area contributed by atoms with Gasteiger partial charge in [0.25, 0.3) is 0 Å². The first-order valence-electron chi connectivity index (χ1n) is 32.1. The average Bonchev–Trinajstić information content (AvgIpc) is 1.75. The molecule has 0 radical (unpaired) electrons. The van der Waals surface area contributed by atoms with Crippen LogP contribution in [0.2, 0.25) is 0 Å². The van der Waals surface area contributed by atoms with Gasteiger partial charge < -0.3 is 228 Å². The monoisotopic (exact) mass is 1490 g/mol. The largest absolute Gasteiger partial charge is 0.394 e. The van der Waals surface area contributed by atoms with Gasteiger partial charge in [0.1, 0.15) is 220 Å². The first-order valence-corrected chi connectivity index (χ1v) is 32.1. The smallest absolute Gasteiger partial charge is 0.187 e. The zero-order valence-corrected chi connectivity index (χ0v) is 53.2. The minimum absolute atomic E-state index is 0.933. The molecule has 0 amide bonds. The second-order valence-electron chi connectivity index (χ2n) is 25.4. The van der Waals surface area contributed by atoms with Crippen molar-refractivity contribution in [3.63, 3.8) is 0 Å². The lowest BCUT2D eigenvalue weighted by Gasteiger charge is -2.48. The predicted molar refractivity (Wildman–Crippen MR) is 302 cm³/mol. The Hall–Kier alpha value is -1.84. The van der Waals surface area contributed by atoms with Gasteiger partial charge in [-0.25, -0.2) is 0 Å². The van der Waals surface area contributed by atoms with Gasteiger partial charge in [0.05, 0.1) is 59.5 Å². The van der Waals surface area contributed by atoms with Crippen LogP contribution >= 0.6 is 0 Å². The number of aliphatic hydroxyl groups is 28. The van der Waals surface area contributed by atoms with Crippen molar-refractivity contribution in [1.29, 1.82) is 0 Å².